The van der Waals surface area contributed by atoms with E-state index in [0.717, 1.165) is 22.6 Å². The largest absolute Gasteiger partial charge is 0.354 e. The molecule has 0 atom stereocenters. The Morgan fingerprint density at radius 3 is 2.11 bits per heavy atom. The van der Waals surface area contributed by atoms with E-state index in [2.05, 4.69) is 20.9 Å². The third-order valence-corrected chi connectivity index (χ3v) is 4.26. The summed E-state index contributed by atoms with van der Waals surface area (Å²) in [5.41, 5.74) is 5.74. The fourth-order valence-electron chi connectivity index (χ4n) is 2.66. The summed E-state index contributed by atoms with van der Waals surface area (Å²) in [7, 11) is 0. The molecule has 0 saturated carbocycles. The van der Waals surface area contributed by atoms with Crippen molar-refractivity contribution in [2.75, 3.05) is 16.0 Å². The fourth-order valence-corrected chi connectivity index (χ4v) is 2.66. The van der Waals surface area contributed by atoms with Gasteiger partial charge in [0.15, 0.2) is 0 Å². The molecule has 1 aromatic heterocycles. The zero-order valence-electron chi connectivity index (χ0n) is 16.0. The zero-order chi connectivity index (χ0) is 20.1. The highest BCUT2D eigenvalue weighted by Crippen LogP contribution is 2.20. The number of nitrogens with zero attached hydrogens (tertiary/aromatic N) is 1. The van der Waals surface area contributed by atoms with Gasteiger partial charge in [-0.1, -0.05) is 6.07 Å². The molecule has 0 aliphatic heterocycles. The van der Waals surface area contributed by atoms with Gasteiger partial charge in [-0.15, -0.1) is 0 Å². The monoisotopic (exact) mass is 374 g/mol. The van der Waals surface area contributed by atoms with Crippen LogP contribution in [-0.4, -0.2) is 16.8 Å². The molecule has 142 valence electrons. The second kappa shape index (κ2) is 8.35. The van der Waals surface area contributed by atoms with Crippen LogP contribution in [0.15, 0.2) is 60.9 Å². The first-order valence-corrected chi connectivity index (χ1v) is 8.89. The van der Waals surface area contributed by atoms with Crippen LogP contribution < -0.4 is 16.0 Å². The highest BCUT2D eigenvalue weighted by molar-refractivity contribution is 6.04. The van der Waals surface area contributed by atoms with Gasteiger partial charge in [0.05, 0.1) is 17.4 Å². The molecule has 0 fully saturated rings. The Labute approximate surface area is 164 Å². The molecule has 0 aliphatic carbocycles. The SMILES string of the molecule is CC(=O)Nc1ccc(Nc2cncc(C(=O)Nc3ccc(C)c(C)c3)c2)cc1. The second-order valence-corrected chi connectivity index (χ2v) is 6.60. The van der Waals surface area contributed by atoms with Gasteiger partial charge in [0.1, 0.15) is 0 Å². The summed E-state index contributed by atoms with van der Waals surface area (Å²) in [6.45, 7) is 5.50. The molecule has 3 aromatic rings. The first kappa shape index (κ1) is 19.1. The Kier molecular flexibility index (Phi) is 5.69. The Hall–Kier alpha value is -3.67. The van der Waals surface area contributed by atoms with Gasteiger partial charge in [-0.05, 0) is 67.4 Å². The van der Waals surface area contributed by atoms with Crippen LogP contribution in [0.5, 0.6) is 0 Å². The molecule has 3 rings (SSSR count). The summed E-state index contributed by atoms with van der Waals surface area (Å²) in [6.07, 6.45) is 3.18. The maximum atomic E-state index is 12.5. The first-order chi connectivity index (χ1) is 13.4. The molecule has 6 nitrogen and oxygen atoms in total. The van der Waals surface area contributed by atoms with Crippen LogP contribution in [0.3, 0.4) is 0 Å². The van der Waals surface area contributed by atoms with Crippen molar-refractivity contribution in [2.45, 2.75) is 20.8 Å². The lowest BCUT2D eigenvalue weighted by molar-refractivity contribution is -0.114. The molecule has 28 heavy (non-hydrogen) atoms. The molecule has 0 unspecified atom stereocenters. The average molecular weight is 374 g/mol. The summed E-state index contributed by atoms with van der Waals surface area (Å²) >= 11 is 0. The Balaban J connectivity index is 1.70. The predicted octanol–water partition coefficient (Wildman–Crippen LogP) is 4.65. The molecular weight excluding hydrogens is 352 g/mol. The third-order valence-electron chi connectivity index (χ3n) is 4.26. The molecule has 3 N–H and O–H groups in total. The molecular formula is C22H22N4O2. The highest BCUT2D eigenvalue weighted by atomic mass is 16.2. The molecule has 0 aliphatic rings. The zero-order valence-corrected chi connectivity index (χ0v) is 16.0. The molecule has 6 heteroatoms. The molecule has 0 spiro atoms. The number of aryl methyl sites for hydroxylation is 2. The average Bonchev–Trinajstić information content (AvgIpc) is 2.66. The quantitative estimate of drug-likeness (QED) is 0.607. The number of amides is 2. The molecule has 0 saturated heterocycles. The van der Waals surface area contributed by atoms with Crippen molar-refractivity contribution in [2.24, 2.45) is 0 Å². The van der Waals surface area contributed by atoms with Crippen molar-refractivity contribution >= 4 is 34.6 Å². The number of benzene rings is 2. The maximum Gasteiger partial charge on any atom is 0.257 e. The van der Waals surface area contributed by atoms with Crippen LogP contribution >= 0.6 is 0 Å². The van der Waals surface area contributed by atoms with E-state index >= 15 is 0 Å². The van der Waals surface area contributed by atoms with E-state index in [0.29, 0.717) is 11.3 Å². The summed E-state index contributed by atoms with van der Waals surface area (Å²) in [5.74, 6) is -0.340. The normalized spacial score (nSPS) is 10.2. The van der Waals surface area contributed by atoms with E-state index in [1.165, 1.54) is 18.7 Å². The van der Waals surface area contributed by atoms with E-state index in [1.807, 2.05) is 44.2 Å². The molecule has 0 radical (unpaired) electrons. The molecule has 0 bridgehead atoms. The second-order valence-electron chi connectivity index (χ2n) is 6.60. The van der Waals surface area contributed by atoms with Crippen LogP contribution in [-0.2, 0) is 4.79 Å². The van der Waals surface area contributed by atoms with Gasteiger partial charge in [0.25, 0.3) is 5.91 Å². The van der Waals surface area contributed by atoms with Crippen LogP contribution in [0, 0.1) is 13.8 Å². The van der Waals surface area contributed by atoms with Gasteiger partial charge in [-0.3, -0.25) is 14.6 Å². The van der Waals surface area contributed by atoms with Crippen molar-refractivity contribution < 1.29 is 9.59 Å². The van der Waals surface area contributed by atoms with E-state index in [1.54, 1.807) is 24.4 Å². The third kappa shape index (κ3) is 4.94. The predicted molar refractivity (Wildman–Crippen MR) is 112 cm³/mol. The number of carbonyl (C=O) groups excluding carboxylic acids is 2. The number of anilines is 4. The number of carbonyl (C=O) groups is 2. The van der Waals surface area contributed by atoms with Crippen LogP contribution in [0.2, 0.25) is 0 Å². The Morgan fingerprint density at radius 1 is 0.750 bits per heavy atom. The molecule has 1 heterocycles. The number of pyridine rings is 1. The van der Waals surface area contributed by atoms with E-state index in [9.17, 15) is 9.59 Å². The number of nitrogens with one attached hydrogen (secondary N) is 3. The number of rotatable bonds is 5. The van der Waals surface area contributed by atoms with Crippen LogP contribution in [0.25, 0.3) is 0 Å². The van der Waals surface area contributed by atoms with Crippen molar-refractivity contribution in [1.82, 2.24) is 4.98 Å². The Bertz CT molecular complexity index is 1010. The molecule has 2 aromatic carbocycles. The van der Waals surface area contributed by atoms with Crippen molar-refractivity contribution in [3.8, 4) is 0 Å². The Morgan fingerprint density at radius 2 is 1.43 bits per heavy atom. The first-order valence-electron chi connectivity index (χ1n) is 8.89. The van der Waals surface area contributed by atoms with Gasteiger partial charge in [-0.25, -0.2) is 0 Å². The lowest BCUT2D eigenvalue weighted by atomic mass is 10.1. The minimum absolute atomic E-state index is 0.118. The number of aromatic nitrogens is 1. The van der Waals surface area contributed by atoms with Gasteiger partial charge in [0, 0.05) is 30.2 Å². The van der Waals surface area contributed by atoms with Gasteiger partial charge in [0.2, 0.25) is 5.91 Å². The van der Waals surface area contributed by atoms with Gasteiger partial charge < -0.3 is 16.0 Å². The standard InChI is InChI=1S/C22H22N4O2/c1-14-4-5-20(10-15(14)2)26-22(28)17-11-21(13-23-12-17)25-19-8-6-18(7-9-19)24-16(3)27/h4-13,25H,1-3H3,(H,24,27)(H,26,28). The van der Waals surface area contributed by atoms with Crippen LogP contribution in [0.4, 0.5) is 22.7 Å². The van der Waals surface area contributed by atoms with E-state index in [4.69, 9.17) is 0 Å². The summed E-state index contributed by atoms with van der Waals surface area (Å²) in [5, 5.41) is 8.82. The van der Waals surface area contributed by atoms with Crippen LogP contribution in [0.1, 0.15) is 28.4 Å². The lowest BCUT2D eigenvalue weighted by Crippen LogP contribution is -2.12. The van der Waals surface area contributed by atoms with Gasteiger partial charge >= 0.3 is 0 Å². The van der Waals surface area contributed by atoms with E-state index in [-0.39, 0.29) is 11.8 Å². The molecule has 2 amide bonds. The lowest BCUT2D eigenvalue weighted by Gasteiger charge is -2.10. The summed E-state index contributed by atoms with van der Waals surface area (Å²) in [6, 6.07) is 14.8. The van der Waals surface area contributed by atoms with Crippen molar-refractivity contribution in [1.29, 1.82) is 0 Å². The summed E-state index contributed by atoms with van der Waals surface area (Å²) in [4.78, 5) is 27.8. The minimum Gasteiger partial charge on any atom is -0.354 e. The van der Waals surface area contributed by atoms with Crippen molar-refractivity contribution in [3.05, 3.63) is 77.6 Å². The maximum absolute atomic E-state index is 12.5. The van der Waals surface area contributed by atoms with Gasteiger partial charge in [-0.2, -0.15) is 0 Å². The fraction of sp³-hybridized carbons (Fsp3) is 0.136. The highest BCUT2D eigenvalue weighted by Gasteiger charge is 2.08. The minimum atomic E-state index is -0.222. The van der Waals surface area contributed by atoms with Crippen molar-refractivity contribution in [3.63, 3.8) is 0 Å². The topological polar surface area (TPSA) is 83.1 Å². The summed E-state index contributed by atoms with van der Waals surface area (Å²) < 4.78 is 0. The van der Waals surface area contributed by atoms with E-state index < -0.39 is 0 Å². The number of hydrogen-bond acceptors (Lipinski definition) is 4. The number of hydrogen-bond donors (Lipinski definition) is 3. The smallest absolute Gasteiger partial charge is 0.257 e.